The van der Waals surface area contributed by atoms with Crippen LogP contribution in [0.1, 0.15) is 45.1 Å². The Kier molecular flexibility index (Phi) is 5.74. The summed E-state index contributed by atoms with van der Waals surface area (Å²) >= 11 is 13.3. The van der Waals surface area contributed by atoms with Crippen molar-refractivity contribution in [3.8, 4) is 0 Å². The van der Waals surface area contributed by atoms with E-state index in [-0.39, 0.29) is 27.5 Å². The van der Waals surface area contributed by atoms with Crippen molar-refractivity contribution in [2.45, 2.75) is 32.2 Å². The van der Waals surface area contributed by atoms with E-state index in [9.17, 15) is 9.59 Å². The van der Waals surface area contributed by atoms with Crippen LogP contribution >= 0.6 is 34.5 Å². The van der Waals surface area contributed by atoms with E-state index in [0.717, 1.165) is 25.8 Å². The average molecular weight is 417 g/mol. The minimum absolute atomic E-state index is 0.00450. The topological polar surface area (TPSA) is 98.3 Å². The molecule has 0 radical (unpaired) electrons. The fourth-order valence-corrected chi connectivity index (χ4v) is 4.15. The van der Waals surface area contributed by atoms with E-state index in [1.807, 2.05) is 0 Å². The summed E-state index contributed by atoms with van der Waals surface area (Å²) in [5.41, 5.74) is 0.938. The number of halogens is 2. The molecule has 3 heterocycles. The van der Waals surface area contributed by atoms with E-state index < -0.39 is 5.97 Å². The molecule has 26 heavy (non-hydrogen) atoms. The number of carboxylic acids is 1. The van der Waals surface area contributed by atoms with Gasteiger partial charge in [-0.2, -0.15) is 0 Å². The Bertz CT molecular complexity index is 836. The lowest BCUT2D eigenvalue weighted by Gasteiger charge is -2.19. The monoisotopic (exact) mass is 416 g/mol. The van der Waals surface area contributed by atoms with Crippen LogP contribution in [0.2, 0.25) is 10.0 Å². The van der Waals surface area contributed by atoms with E-state index in [1.165, 1.54) is 17.5 Å². The van der Waals surface area contributed by atoms with E-state index >= 15 is 0 Å². The fraction of sp³-hybridized carbons (Fsp3) is 0.438. The van der Waals surface area contributed by atoms with Crippen molar-refractivity contribution in [2.24, 2.45) is 0 Å². The minimum atomic E-state index is -0.967. The van der Waals surface area contributed by atoms with Gasteiger partial charge < -0.3 is 20.3 Å². The molecule has 0 saturated carbocycles. The van der Waals surface area contributed by atoms with Crippen LogP contribution in [0.15, 0.2) is 6.20 Å². The number of carboxylic acid groups (broad SMARTS) is 1. The number of nitrogens with one attached hydrogen (secondary N) is 2. The van der Waals surface area contributed by atoms with Gasteiger partial charge in [-0.05, 0) is 26.2 Å². The van der Waals surface area contributed by atoms with Crippen LogP contribution in [0.25, 0.3) is 0 Å². The van der Waals surface area contributed by atoms with Crippen molar-refractivity contribution >= 4 is 51.5 Å². The zero-order valence-electron chi connectivity index (χ0n) is 14.0. The predicted octanol–water partition coefficient (Wildman–Crippen LogP) is 3.57. The van der Waals surface area contributed by atoms with Crippen LogP contribution in [0, 0.1) is 6.92 Å². The quantitative estimate of drug-likeness (QED) is 0.707. The second kappa shape index (κ2) is 7.85. The highest BCUT2D eigenvalue weighted by molar-refractivity contribution is 7.17. The molecule has 3 N–H and O–H groups in total. The predicted molar refractivity (Wildman–Crippen MR) is 102 cm³/mol. The Morgan fingerprint density at radius 1 is 1.35 bits per heavy atom. The van der Waals surface area contributed by atoms with E-state index in [1.54, 1.807) is 6.92 Å². The summed E-state index contributed by atoms with van der Waals surface area (Å²) in [6, 6.07) is 0.00450. The third-order valence-corrected chi connectivity index (χ3v) is 6.31. The molecule has 140 valence electrons. The van der Waals surface area contributed by atoms with Gasteiger partial charge in [-0.15, -0.1) is 0 Å². The summed E-state index contributed by atoms with van der Waals surface area (Å²) < 4.78 is 0. The summed E-state index contributed by atoms with van der Waals surface area (Å²) in [5, 5.41) is 13.3. The van der Waals surface area contributed by atoms with Gasteiger partial charge in [0.05, 0.1) is 16.2 Å². The molecular weight excluding hydrogens is 399 g/mol. The maximum absolute atomic E-state index is 12.5. The number of amides is 1. The number of thiazole rings is 1. The molecule has 3 rings (SSSR count). The lowest BCUT2D eigenvalue weighted by Crippen LogP contribution is -2.36. The largest absolute Gasteiger partial charge is 0.477 e. The molecule has 1 saturated heterocycles. The van der Waals surface area contributed by atoms with Crippen molar-refractivity contribution in [1.29, 1.82) is 0 Å². The zero-order chi connectivity index (χ0) is 18.8. The van der Waals surface area contributed by atoms with Crippen LogP contribution < -0.4 is 10.2 Å². The van der Waals surface area contributed by atoms with Gasteiger partial charge >= 0.3 is 5.97 Å². The zero-order valence-corrected chi connectivity index (χ0v) is 16.3. The Labute approximate surface area is 164 Å². The number of aryl methyl sites for hydroxylation is 1. The molecule has 10 heteroatoms. The molecule has 0 spiro atoms. The standard InChI is InChI=1S/C16H18Cl2N4O3S/c1-8-11(17)12(18)13(20-8)14(23)21-9-3-2-5-22(6-4-9)16-19-7-10(26-16)15(24)25/h7,9,20H,2-6H2,1H3,(H,21,23)(H,24,25). The third-order valence-electron chi connectivity index (χ3n) is 4.32. The first-order valence-corrected chi connectivity index (χ1v) is 9.72. The SMILES string of the molecule is Cc1[nH]c(C(=O)NC2CCCN(c3ncc(C(=O)O)s3)CC2)c(Cl)c1Cl. The van der Waals surface area contributed by atoms with Crippen molar-refractivity contribution in [1.82, 2.24) is 15.3 Å². The number of aromatic nitrogens is 2. The Morgan fingerprint density at radius 2 is 2.12 bits per heavy atom. The van der Waals surface area contributed by atoms with E-state index in [2.05, 4.69) is 20.2 Å². The molecule has 7 nitrogen and oxygen atoms in total. The maximum Gasteiger partial charge on any atom is 0.347 e. The van der Waals surface area contributed by atoms with Gasteiger partial charge in [-0.25, -0.2) is 9.78 Å². The molecule has 1 unspecified atom stereocenters. The van der Waals surface area contributed by atoms with Crippen LogP contribution in [0.4, 0.5) is 5.13 Å². The molecule has 1 amide bonds. The number of nitrogens with zero attached hydrogens (tertiary/aromatic N) is 2. The van der Waals surface area contributed by atoms with E-state index in [0.29, 0.717) is 22.4 Å². The lowest BCUT2D eigenvalue weighted by atomic mass is 10.1. The fourth-order valence-electron chi connectivity index (χ4n) is 2.93. The number of H-pyrrole nitrogens is 1. The second-order valence-electron chi connectivity index (χ2n) is 6.15. The highest BCUT2D eigenvalue weighted by Crippen LogP contribution is 2.29. The molecule has 1 atom stereocenters. The number of carbonyl (C=O) groups is 2. The number of hydrogen-bond donors (Lipinski definition) is 3. The molecule has 2 aromatic rings. The van der Waals surface area contributed by atoms with Crippen LogP contribution in [-0.2, 0) is 0 Å². The van der Waals surface area contributed by atoms with E-state index in [4.69, 9.17) is 28.3 Å². The van der Waals surface area contributed by atoms with Crippen LogP contribution in [0.5, 0.6) is 0 Å². The Balaban J connectivity index is 1.62. The molecule has 0 bridgehead atoms. The summed E-state index contributed by atoms with van der Waals surface area (Å²) in [4.78, 5) is 32.9. The number of rotatable bonds is 4. The molecule has 0 aromatic carbocycles. The van der Waals surface area contributed by atoms with Gasteiger partial charge in [-0.1, -0.05) is 34.5 Å². The first kappa shape index (κ1) is 19.0. The molecule has 1 aliphatic heterocycles. The highest BCUT2D eigenvalue weighted by Gasteiger charge is 2.24. The first-order chi connectivity index (χ1) is 12.4. The van der Waals surface area contributed by atoms with Crippen molar-refractivity contribution in [2.75, 3.05) is 18.0 Å². The Hall–Kier alpha value is -1.77. The molecule has 0 aliphatic carbocycles. The van der Waals surface area contributed by atoms with Gasteiger partial charge in [-0.3, -0.25) is 4.79 Å². The number of aromatic amines is 1. The third kappa shape index (κ3) is 3.97. The first-order valence-electron chi connectivity index (χ1n) is 8.15. The summed E-state index contributed by atoms with van der Waals surface area (Å²) in [6.07, 6.45) is 3.81. The summed E-state index contributed by atoms with van der Waals surface area (Å²) in [5.74, 6) is -1.24. The van der Waals surface area contributed by atoms with Crippen molar-refractivity contribution < 1.29 is 14.7 Å². The van der Waals surface area contributed by atoms with Crippen molar-refractivity contribution in [3.05, 3.63) is 32.5 Å². The number of anilines is 1. The average Bonchev–Trinajstić information content (AvgIpc) is 3.11. The van der Waals surface area contributed by atoms with Gasteiger partial charge in [0, 0.05) is 24.8 Å². The van der Waals surface area contributed by atoms with Gasteiger partial charge in [0.15, 0.2) is 5.13 Å². The highest BCUT2D eigenvalue weighted by atomic mass is 35.5. The van der Waals surface area contributed by atoms with Gasteiger partial charge in [0.1, 0.15) is 10.6 Å². The molecule has 1 aliphatic rings. The Morgan fingerprint density at radius 3 is 2.73 bits per heavy atom. The second-order valence-corrected chi connectivity index (χ2v) is 7.92. The number of aromatic carboxylic acids is 1. The summed E-state index contributed by atoms with van der Waals surface area (Å²) in [7, 11) is 0. The van der Waals surface area contributed by atoms with Crippen LogP contribution in [-0.4, -0.2) is 46.1 Å². The van der Waals surface area contributed by atoms with Crippen LogP contribution in [0.3, 0.4) is 0 Å². The van der Waals surface area contributed by atoms with Crippen molar-refractivity contribution in [3.63, 3.8) is 0 Å². The number of carbonyl (C=O) groups excluding carboxylic acids is 1. The summed E-state index contributed by atoms with van der Waals surface area (Å²) in [6.45, 7) is 3.22. The number of hydrogen-bond acceptors (Lipinski definition) is 5. The lowest BCUT2D eigenvalue weighted by molar-refractivity contribution is 0.0701. The smallest absolute Gasteiger partial charge is 0.347 e. The minimum Gasteiger partial charge on any atom is -0.477 e. The maximum atomic E-state index is 12.5. The molecule has 1 fully saturated rings. The van der Waals surface area contributed by atoms with Gasteiger partial charge in [0.2, 0.25) is 0 Å². The molecular formula is C16H18Cl2N4O3S. The normalized spacial score (nSPS) is 17.8. The molecule has 2 aromatic heterocycles. The van der Waals surface area contributed by atoms with Gasteiger partial charge in [0.25, 0.3) is 5.91 Å².